The maximum absolute atomic E-state index is 12.9. The van der Waals surface area contributed by atoms with Crippen LogP contribution < -0.4 is 4.90 Å². The number of hydrogen-bond donors (Lipinski definition) is 0. The van der Waals surface area contributed by atoms with Gasteiger partial charge in [0.15, 0.2) is 5.13 Å². The summed E-state index contributed by atoms with van der Waals surface area (Å²) in [5, 5.41) is 0.917. The molecule has 1 fully saturated rings. The molecule has 2 heterocycles. The monoisotopic (exact) mass is 417 g/mol. The van der Waals surface area contributed by atoms with Gasteiger partial charge in [0.1, 0.15) is 0 Å². The highest BCUT2D eigenvalue weighted by atomic mass is 32.2. The van der Waals surface area contributed by atoms with Gasteiger partial charge in [-0.15, -0.1) is 0 Å². The lowest BCUT2D eigenvalue weighted by molar-refractivity contribution is 0.0600. The number of anilines is 1. The number of esters is 1. The van der Waals surface area contributed by atoms with Gasteiger partial charge in [-0.3, -0.25) is 0 Å². The van der Waals surface area contributed by atoms with E-state index < -0.39 is 16.0 Å². The number of fused-ring (bicyclic) bond motifs is 1. The van der Waals surface area contributed by atoms with E-state index in [4.69, 9.17) is 0 Å². The Morgan fingerprint density at radius 2 is 1.71 bits per heavy atom. The van der Waals surface area contributed by atoms with Crippen molar-refractivity contribution in [1.29, 1.82) is 0 Å². The third-order valence-electron chi connectivity index (χ3n) is 4.70. The van der Waals surface area contributed by atoms with Gasteiger partial charge in [0, 0.05) is 26.2 Å². The van der Waals surface area contributed by atoms with Gasteiger partial charge < -0.3 is 9.64 Å². The molecule has 0 N–H and O–H groups in total. The average Bonchev–Trinajstić information content (AvgIpc) is 3.17. The Balaban J connectivity index is 1.47. The molecular weight excluding hydrogens is 398 g/mol. The van der Waals surface area contributed by atoms with Crippen LogP contribution in [0.2, 0.25) is 0 Å². The lowest BCUT2D eigenvalue weighted by Crippen LogP contribution is -2.48. The van der Waals surface area contributed by atoms with Crippen molar-refractivity contribution in [2.24, 2.45) is 0 Å². The van der Waals surface area contributed by atoms with Crippen LogP contribution >= 0.6 is 11.3 Å². The third kappa shape index (κ3) is 3.48. The molecule has 4 rings (SSSR count). The molecule has 0 saturated carbocycles. The highest BCUT2D eigenvalue weighted by Gasteiger charge is 2.29. The fraction of sp³-hybridized carbons (Fsp3) is 0.263. The quantitative estimate of drug-likeness (QED) is 0.607. The molecule has 0 spiro atoms. The summed E-state index contributed by atoms with van der Waals surface area (Å²) in [5.41, 5.74) is 1.28. The Kier molecular flexibility index (Phi) is 5.05. The minimum absolute atomic E-state index is 0.175. The predicted octanol–water partition coefficient (Wildman–Crippen LogP) is 2.59. The zero-order chi connectivity index (χ0) is 19.7. The zero-order valence-corrected chi connectivity index (χ0v) is 16.9. The number of nitrogens with zero attached hydrogens (tertiary/aromatic N) is 3. The van der Waals surface area contributed by atoms with E-state index in [-0.39, 0.29) is 4.90 Å². The minimum atomic E-state index is -3.60. The van der Waals surface area contributed by atoms with Crippen molar-refractivity contribution in [3.8, 4) is 0 Å². The molecule has 0 radical (unpaired) electrons. The molecule has 7 nitrogen and oxygen atoms in total. The molecule has 1 saturated heterocycles. The van der Waals surface area contributed by atoms with E-state index in [1.807, 2.05) is 24.3 Å². The van der Waals surface area contributed by atoms with E-state index in [1.165, 1.54) is 35.7 Å². The Morgan fingerprint density at radius 1 is 1.04 bits per heavy atom. The summed E-state index contributed by atoms with van der Waals surface area (Å²) in [6, 6.07) is 13.8. The van der Waals surface area contributed by atoms with Gasteiger partial charge in [-0.2, -0.15) is 4.31 Å². The van der Waals surface area contributed by atoms with Gasteiger partial charge in [-0.05, 0) is 36.4 Å². The van der Waals surface area contributed by atoms with E-state index in [2.05, 4.69) is 14.6 Å². The molecule has 2 aromatic carbocycles. The Hall–Kier alpha value is -2.49. The van der Waals surface area contributed by atoms with E-state index in [9.17, 15) is 13.2 Å². The molecular formula is C19H19N3O4S2. The SMILES string of the molecule is COC(=O)c1ccc(S(=O)(=O)N2CCN(c3nc4ccccc4s3)CC2)cc1. The highest BCUT2D eigenvalue weighted by Crippen LogP contribution is 2.29. The van der Waals surface area contributed by atoms with Gasteiger partial charge in [-0.1, -0.05) is 23.5 Å². The van der Waals surface area contributed by atoms with Gasteiger partial charge >= 0.3 is 5.97 Å². The summed E-state index contributed by atoms with van der Waals surface area (Å²) in [7, 11) is -2.31. The molecule has 1 aliphatic rings. The summed E-state index contributed by atoms with van der Waals surface area (Å²) in [6.45, 7) is 1.94. The topological polar surface area (TPSA) is 79.8 Å². The third-order valence-corrected chi connectivity index (χ3v) is 7.72. The van der Waals surface area contributed by atoms with E-state index in [0.29, 0.717) is 31.7 Å². The number of thiazole rings is 1. The molecule has 1 aromatic heterocycles. The Bertz CT molecular complexity index is 1070. The van der Waals surface area contributed by atoms with Gasteiger partial charge in [0.05, 0.1) is 27.8 Å². The first kappa shape index (κ1) is 18.9. The first-order valence-corrected chi connectivity index (χ1v) is 11.0. The van der Waals surface area contributed by atoms with Crippen LogP contribution in [-0.2, 0) is 14.8 Å². The number of hydrogen-bond acceptors (Lipinski definition) is 7. The van der Waals surface area contributed by atoms with Crippen LogP contribution in [-0.4, -0.2) is 57.0 Å². The van der Waals surface area contributed by atoms with Crippen molar-refractivity contribution in [1.82, 2.24) is 9.29 Å². The van der Waals surface area contributed by atoms with Crippen molar-refractivity contribution in [2.45, 2.75) is 4.90 Å². The number of aromatic nitrogens is 1. The van der Waals surface area contributed by atoms with Crippen LogP contribution in [0, 0.1) is 0 Å². The minimum Gasteiger partial charge on any atom is -0.465 e. The average molecular weight is 418 g/mol. The molecule has 0 bridgehead atoms. The van der Waals surface area contributed by atoms with Crippen LogP contribution in [0.25, 0.3) is 10.2 Å². The number of para-hydroxylation sites is 1. The molecule has 3 aromatic rings. The predicted molar refractivity (Wildman–Crippen MR) is 108 cm³/mol. The van der Waals surface area contributed by atoms with Crippen molar-refractivity contribution in [2.75, 3.05) is 38.2 Å². The van der Waals surface area contributed by atoms with Crippen LogP contribution in [0.1, 0.15) is 10.4 Å². The first-order chi connectivity index (χ1) is 13.5. The van der Waals surface area contributed by atoms with Crippen LogP contribution in [0.5, 0.6) is 0 Å². The lowest BCUT2D eigenvalue weighted by atomic mass is 10.2. The second kappa shape index (κ2) is 7.50. The smallest absolute Gasteiger partial charge is 0.337 e. The second-order valence-corrected chi connectivity index (χ2v) is 9.32. The zero-order valence-electron chi connectivity index (χ0n) is 15.2. The fourth-order valence-corrected chi connectivity index (χ4v) is 5.58. The van der Waals surface area contributed by atoms with Gasteiger partial charge in [-0.25, -0.2) is 18.2 Å². The number of carbonyl (C=O) groups is 1. The van der Waals surface area contributed by atoms with E-state index in [0.717, 1.165) is 15.3 Å². The van der Waals surface area contributed by atoms with Crippen LogP contribution in [0.15, 0.2) is 53.4 Å². The van der Waals surface area contributed by atoms with Crippen molar-refractivity contribution in [3.63, 3.8) is 0 Å². The first-order valence-electron chi connectivity index (χ1n) is 8.78. The number of carbonyl (C=O) groups excluding carboxylic acids is 1. The summed E-state index contributed by atoms with van der Waals surface area (Å²) in [4.78, 5) is 18.5. The number of benzene rings is 2. The maximum atomic E-state index is 12.9. The molecule has 0 amide bonds. The molecule has 0 unspecified atom stereocenters. The van der Waals surface area contributed by atoms with E-state index >= 15 is 0 Å². The lowest BCUT2D eigenvalue weighted by Gasteiger charge is -2.33. The number of rotatable bonds is 4. The number of methoxy groups -OCH3 is 1. The summed E-state index contributed by atoms with van der Waals surface area (Å²) in [5.74, 6) is -0.492. The molecule has 9 heteroatoms. The Labute approximate surface area is 167 Å². The molecule has 0 aliphatic carbocycles. The molecule has 146 valence electrons. The van der Waals surface area contributed by atoms with Gasteiger partial charge in [0.25, 0.3) is 0 Å². The van der Waals surface area contributed by atoms with E-state index in [1.54, 1.807) is 11.3 Å². The van der Waals surface area contributed by atoms with Crippen molar-refractivity contribution in [3.05, 3.63) is 54.1 Å². The summed E-state index contributed by atoms with van der Waals surface area (Å²) in [6.07, 6.45) is 0. The normalized spacial score (nSPS) is 15.7. The van der Waals surface area contributed by atoms with Crippen molar-refractivity contribution < 1.29 is 17.9 Å². The summed E-state index contributed by atoms with van der Waals surface area (Å²) >= 11 is 1.62. The number of piperazine rings is 1. The van der Waals surface area contributed by atoms with Crippen LogP contribution in [0.3, 0.4) is 0 Å². The highest BCUT2D eigenvalue weighted by molar-refractivity contribution is 7.89. The molecule has 28 heavy (non-hydrogen) atoms. The second-order valence-electron chi connectivity index (χ2n) is 6.37. The Morgan fingerprint density at radius 3 is 2.36 bits per heavy atom. The fourth-order valence-electron chi connectivity index (χ4n) is 3.14. The van der Waals surface area contributed by atoms with Gasteiger partial charge in [0.2, 0.25) is 10.0 Å². The number of ether oxygens (including phenoxy) is 1. The van der Waals surface area contributed by atoms with Crippen molar-refractivity contribution >= 4 is 42.7 Å². The standard InChI is InChI=1S/C19H19N3O4S2/c1-26-18(23)14-6-8-15(9-7-14)28(24,25)22-12-10-21(11-13-22)19-20-16-4-2-3-5-17(16)27-19/h2-9H,10-13H2,1H3. The summed E-state index contributed by atoms with van der Waals surface area (Å²) < 4.78 is 33.0. The molecule has 1 aliphatic heterocycles. The number of sulfonamides is 1. The molecule has 0 atom stereocenters. The maximum Gasteiger partial charge on any atom is 0.337 e. The van der Waals surface area contributed by atoms with Crippen LogP contribution in [0.4, 0.5) is 5.13 Å². The largest absolute Gasteiger partial charge is 0.465 e.